The lowest BCUT2D eigenvalue weighted by atomic mass is 10.8. The highest BCUT2D eigenvalue weighted by Crippen LogP contribution is 1.34. The molecule has 0 amide bonds. The summed E-state index contributed by atoms with van der Waals surface area (Å²) in [6.45, 7) is 11.1. The van der Waals surface area contributed by atoms with Crippen molar-refractivity contribution in [3.63, 3.8) is 0 Å². The van der Waals surface area contributed by atoms with Gasteiger partial charge in [-0.2, -0.15) is 0 Å². The third-order valence-corrected chi connectivity index (χ3v) is 0.354. The maximum absolute atomic E-state index is 2.93. The zero-order chi connectivity index (χ0) is 7.41. The minimum atomic E-state index is 0. The van der Waals surface area contributed by atoms with Crippen LogP contribution in [0.5, 0.6) is 0 Å². The Bertz CT molecular complexity index is 6.69. The van der Waals surface area contributed by atoms with Crippen LogP contribution in [0.3, 0.4) is 0 Å². The van der Waals surface area contributed by atoms with E-state index in [9.17, 15) is 0 Å². The molecule has 0 rings (SSSR count). The Morgan fingerprint density at radius 1 is 0.900 bits per heavy atom. The summed E-state index contributed by atoms with van der Waals surface area (Å²) in [5.41, 5.74) is 0. The summed E-state index contributed by atoms with van der Waals surface area (Å²) in [6, 6.07) is 0. The van der Waals surface area contributed by atoms with Crippen LogP contribution in [0.4, 0.5) is 0 Å². The first-order chi connectivity index (χ1) is 3.91. The molecule has 1 nitrogen and oxygen atoms in total. The summed E-state index contributed by atoms with van der Waals surface area (Å²) in [5.74, 6) is 0. The average molecular weight is 151 g/mol. The summed E-state index contributed by atoms with van der Waals surface area (Å²) in [5, 5.41) is 2.93. The predicted octanol–water partition coefficient (Wildman–Crippen LogP) is 3.55. The van der Waals surface area contributed by atoms with E-state index in [1.807, 2.05) is 34.7 Å². The van der Waals surface area contributed by atoms with E-state index in [2.05, 4.69) is 12.2 Å². The van der Waals surface area contributed by atoms with Crippen molar-refractivity contribution in [3.05, 3.63) is 0 Å². The van der Waals surface area contributed by atoms with Gasteiger partial charge in [0.25, 0.3) is 0 Å². The summed E-state index contributed by atoms with van der Waals surface area (Å²) in [6.07, 6.45) is 0. The summed E-state index contributed by atoms with van der Waals surface area (Å²) < 4.78 is 0. The Morgan fingerprint density at radius 3 is 1.00 bits per heavy atom. The first-order valence-electron chi connectivity index (χ1n) is 3.56. The van der Waals surface area contributed by atoms with Crippen LogP contribution in [0.1, 0.15) is 49.5 Å². The summed E-state index contributed by atoms with van der Waals surface area (Å²) in [7, 11) is 1.93. The third-order valence-electron chi connectivity index (χ3n) is 0.354. The monoisotopic (exact) mass is 151 g/mol. The molecule has 0 radical (unpaired) electrons. The maximum atomic E-state index is 2.93. The van der Waals surface area contributed by atoms with Crippen LogP contribution in [0.25, 0.3) is 0 Å². The second-order valence-corrected chi connectivity index (χ2v) is 0.707. The van der Waals surface area contributed by atoms with E-state index in [0.717, 1.165) is 6.54 Å². The van der Waals surface area contributed by atoms with Crippen LogP contribution in [-0.4, -0.2) is 13.6 Å². The van der Waals surface area contributed by atoms with Crippen molar-refractivity contribution >= 4 is 0 Å². The molecule has 0 heterocycles. The highest BCUT2D eigenvalue weighted by atomic mass is 14.8. The minimum Gasteiger partial charge on any atom is -0.320 e. The highest BCUT2D eigenvalue weighted by molar-refractivity contribution is 4.15. The molecular formula is C9H29N. The molecule has 0 aliphatic carbocycles. The first kappa shape index (κ1) is 32.5. The third kappa shape index (κ3) is 418. The molecule has 0 atom stereocenters. The fourth-order valence-corrected chi connectivity index (χ4v) is 0. The average Bonchev–Trinajstić information content (AvgIpc) is 1.96. The molecule has 0 saturated carbocycles. The lowest BCUT2D eigenvalue weighted by Gasteiger charge is -1.76. The molecule has 0 aliphatic heterocycles. The van der Waals surface area contributed by atoms with E-state index in [1.165, 1.54) is 0 Å². The topological polar surface area (TPSA) is 12.0 Å². The van der Waals surface area contributed by atoms with Gasteiger partial charge in [0.05, 0.1) is 0 Å². The summed E-state index contributed by atoms with van der Waals surface area (Å²) in [4.78, 5) is 0. The minimum absolute atomic E-state index is 0. The molecule has 1 heteroatoms. The van der Waals surface area contributed by atoms with E-state index < -0.39 is 0 Å². The van der Waals surface area contributed by atoms with E-state index in [0.29, 0.717) is 0 Å². The Morgan fingerprint density at radius 2 is 1.00 bits per heavy atom. The van der Waals surface area contributed by atoms with Gasteiger partial charge >= 0.3 is 0 Å². The van der Waals surface area contributed by atoms with E-state index >= 15 is 0 Å². The zero-order valence-corrected chi connectivity index (χ0v) is 7.21. The Hall–Kier alpha value is -0.0400. The van der Waals surface area contributed by atoms with Crippen molar-refractivity contribution in [2.24, 2.45) is 0 Å². The molecule has 0 spiro atoms. The van der Waals surface area contributed by atoms with Crippen LogP contribution >= 0.6 is 0 Å². The van der Waals surface area contributed by atoms with Crippen LogP contribution in [0.15, 0.2) is 0 Å². The lowest BCUT2D eigenvalue weighted by Crippen LogP contribution is -2.01. The van der Waals surface area contributed by atoms with Crippen molar-refractivity contribution in [1.29, 1.82) is 0 Å². The molecule has 0 aliphatic rings. The molecule has 0 aromatic heterocycles. The molecule has 0 aromatic rings. The molecule has 0 saturated heterocycles. The van der Waals surface area contributed by atoms with Gasteiger partial charge in [-0.05, 0) is 13.6 Å². The van der Waals surface area contributed by atoms with Crippen LogP contribution in [-0.2, 0) is 0 Å². The number of rotatable bonds is 1. The molecule has 1 N–H and O–H groups in total. The van der Waals surface area contributed by atoms with Gasteiger partial charge in [0.15, 0.2) is 0 Å². The van der Waals surface area contributed by atoms with Gasteiger partial charge in [0, 0.05) is 0 Å². The fraction of sp³-hybridized carbons (Fsp3) is 1.00. The standard InChI is InChI=1S/C3H9N.2C2H6.2CH4/c1-3-4-2;2*1-2;;/h4H,3H2,1-2H3;2*1-2H3;2*1H4. The smallest absolute Gasteiger partial charge is 0.00804 e. The van der Waals surface area contributed by atoms with Crippen molar-refractivity contribution in [2.45, 2.75) is 49.5 Å². The van der Waals surface area contributed by atoms with Crippen LogP contribution in [0, 0.1) is 0 Å². The van der Waals surface area contributed by atoms with Gasteiger partial charge in [-0.1, -0.05) is 49.5 Å². The van der Waals surface area contributed by atoms with E-state index in [4.69, 9.17) is 0 Å². The maximum Gasteiger partial charge on any atom is -0.00804 e. The highest BCUT2D eigenvalue weighted by Gasteiger charge is 1.50. The first-order valence-corrected chi connectivity index (χ1v) is 3.56. The second kappa shape index (κ2) is 148. The van der Waals surface area contributed by atoms with Crippen molar-refractivity contribution in [2.75, 3.05) is 13.6 Å². The molecule has 0 unspecified atom stereocenters. The molecule has 10 heavy (non-hydrogen) atoms. The SMILES string of the molecule is C.C.CC.CC.CCNC. The quantitative estimate of drug-likeness (QED) is 0.604. The Labute approximate surface area is 69.2 Å². The molecule has 0 bridgehead atoms. The largest absolute Gasteiger partial charge is 0.320 e. The second-order valence-electron chi connectivity index (χ2n) is 0.707. The van der Waals surface area contributed by atoms with Gasteiger partial charge in [-0.15, -0.1) is 0 Å². The van der Waals surface area contributed by atoms with E-state index in [1.54, 1.807) is 0 Å². The molecular weight excluding hydrogens is 122 g/mol. The Kier molecular flexibility index (Phi) is 480. The molecule has 70 valence electrons. The normalized spacial score (nSPS) is 4.20. The van der Waals surface area contributed by atoms with Gasteiger partial charge in [0.1, 0.15) is 0 Å². The van der Waals surface area contributed by atoms with Crippen LogP contribution < -0.4 is 5.32 Å². The Balaban J connectivity index is -0.0000000125. The van der Waals surface area contributed by atoms with Crippen molar-refractivity contribution in [1.82, 2.24) is 5.32 Å². The van der Waals surface area contributed by atoms with Crippen LogP contribution in [0.2, 0.25) is 0 Å². The zero-order valence-electron chi connectivity index (χ0n) is 7.21. The lowest BCUT2D eigenvalue weighted by molar-refractivity contribution is 0.864. The van der Waals surface area contributed by atoms with Crippen molar-refractivity contribution in [3.8, 4) is 0 Å². The fourth-order valence-electron chi connectivity index (χ4n) is 0. The van der Waals surface area contributed by atoms with Gasteiger partial charge < -0.3 is 5.32 Å². The summed E-state index contributed by atoms with van der Waals surface area (Å²) >= 11 is 0. The van der Waals surface area contributed by atoms with Crippen molar-refractivity contribution < 1.29 is 0 Å². The van der Waals surface area contributed by atoms with Gasteiger partial charge in [-0.3, -0.25) is 0 Å². The number of hydrogen-bond donors (Lipinski definition) is 1. The van der Waals surface area contributed by atoms with Gasteiger partial charge in [0.2, 0.25) is 0 Å². The van der Waals surface area contributed by atoms with Gasteiger partial charge in [-0.25, -0.2) is 0 Å². The molecule has 0 fully saturated rings. The van der Waals surface area contributed by atoms with E-state index in [-0.39, 0.29) is 14.9 Å². The number of hydrogen-bond acceptors (Lipinski definition) is 1. The molecule has 0 aromatic carbocycles. The predicted molar refractivity (Wildman–Crippen MR) is 55.8 cm³/mol. The number of nitrogens with one attached hydrogen (secondary N) is 1.